The minimum Gasteiger partial charge on any atom is -0.452 e. The molecule has 5 nitrogen and oxygen atoms in total. The first-order valence-electron chi connectivity index (χ1n) is 9.16. The summed E-state index contributed by atoms with van der Waals surface area (Å²) in [6, 6.07) is 15.2. The van der Waals surface area contributed by atoms with Crippen LogP contribution in [0.25, 0.3) is 0 Å². The van der Waals surface area contributed by atoms with Crippen LogP contribution in [-0.2, 0) is 21.7 Å². The first-order valence-corrected chi connectivity index (χ1v) is 11.1. The number of carbonyl (C=O) groups excluding carboxylic acids is 2. The summed E-state index contributed by atoms with van der Waals surface area (Å²) < 4.78 is 6.42. The fourth-order valence-electron chi connectivity index (χ4n) is 3.27. The highest BCUT2D eigenvalue weighted by atomic mass is 32.2. The molecule has 2 heterocycles. The molecule has 0 unspecified atom stereocenters. The van der Waals surface area contributed by atoms with Crippen LogP contribution in [-0.4, -0.2) is 41.7 Å². The monoisotopic (exact) mass is 412 g/mol. The quantitative estimate of drug-likeness (QED) is 0.700. The molecule has 0 radical (unpaired) electrons. The fourth-order valence-corrected chi connectivity index (χ4v) is 5.28. The Bertz CT molecular complexity index is 929. The summed E-state index contributed by atoms with van der Waals surface area (Å²) in [4.78, 5) is 31.3. The molecule has 144 valence electrons. The first kappa shape index (κ1) is 19.1. The van der Waals surface area contributed by atoms with Crippen molar-refractivity contribution in [1.82, 2.24) is 0 Å². The number of aliphatic imine (C=N–C) groups is 1. The van der Waals surface area contributed by atoms with E-state index in [1.54, 1.807) is 34.5 Å². The molecule has 0 saturated heterocycles. The van der Waals surface area contributed by atoms with E-state index in [0.717, 1.165) is 39.9 Å². The van der Waals surface area contributed by atoms with Crippen molar-refractivity contribution in [2.45, 2.75) is 12.2 Å². The Morgan fingerprint density at radius 3 is 2.82 bits per heavy atom. The SMILES string of the molecule is O=C(OCC(=O)N1CCc2ccccc21)c1ccccc1CSC1=NCCS1. The van der Waals surface area contributed by atoms with E-state index in [9.17, 15) is 9.59 Å². The molecular formula is C21H20N2O3S2. The van der Waals surface area contributed by atoms with Crippen molar-refractivity contribution < 1.29 is 14.3 Å². The van der Waals surface area contributed by atoms with Crippen molar-refractivity contribution in [1.29, 1.82) is 0 Å². The van der Waals surface area contributed by atoms with Crippen molar-refractivity contribution >= 4 is 45.5 Å². The highest BCUT2D eigenvalue weighted by Gasteiger charge is 2.25. The van der Waals surface area contributed by atoms with Crippen molar-refractivity contribution in [3.05, 3.63) is 65.2 Å². The summed E-state index contributed by atoms with van der Waals surface area (Å²) in [5, 5.41) is 0. The number of benzene rings is 2. The molecule has 0 spiro atoms. The van der Waals surface area contributed by atoms with Crippen LogP contribution < -0.4 is 4.90 Å². The molecule has 2 aliphatic rings. The normalized spacial score (nSPS) is 15.3. The fraction of sp³-hybridized carbons (Fsp3) is 0.286. The lowest BCUT2D eigenvalue weighted by atomic mass is 10.1. The molecule has 1 amide bonds. The van der Waals surface area contributed by atoms with Gasteiger partial charge in [0, 0.05) is 23.7 Å². The van der Waals surface area contributed by atoms with E-state index in [4.69, 9.17) is 4.74 Å². The van der Waals surface area contributed by atoms with E-state index >= 15 is 0 Å². The Morgan fingerprint density at radius 1 is 1.14 bits per heavy atom. The Kier molecular flexibility index (Phi) is 6.02. The minimum atomic E-state index is -0.460. The second-order valence-corrected chi connectivity index (χ2v) is 8.75. The van der Waals surface area contributed by atoms with Crippen molar-refractivity contribution in [3.8, 4) is 0 Å². The molecule has 0 atom stereocenters. The van der Waals surface area contributed by atoms with Crippen LogP contribution in [0.3, 0.4) is 0 Å². The van der Waals surface area contributed by atoms with E-state index in [2.05, 4.69) is 4.99 Å². The van der Waals surface area contributed by atoms with Crippen LogP contribution >= 0.6 is 23.5 Å². The Hall–Kier alpha value is -2.25. The number of anilines is 1. The van der Waals surface area contributed by atoms with Gasteiger partial charge in [-0.2, -0.15) is 0 Å². The van der Waals surface area contributed by atoms with Gasteiger partial charge in [0.15, 0.2) is 6.61 Å². The van der Waals surface area contributed by atoms with E-state index in [1.807, 2.05) is 42.5 Å². The number of esters is 1. The molecule has 0 aromatic heterocycles. The molecular weight excluding hydrogens is 392 g/mol. The maximum Gasteiger partial charge on any atom is 0.338 e. The molecule has 0 saturated carbocycles. The number of nitrogens with zero attached hydrogens (tertiary/aromatic N) is 2. The number of hydrogen-bond donors (Lipinski definition) is 0. The van der Waals surface area contributed by atoms with Crippen LogP contribution in [0.4, 0.5) is 5.69 Å². The van der Waals surface area contributed by atoms with Gasteiger partial charge < -0.3 is 9.64 Å². The molecule has 4 rings (SSSR count). The molecule has 2 aromatic rings. The zero-order valence-electron chi connectivity index (χ0n) is 15.3. The molecule has 7 heteroatoms. The van der Waals surface area contributed by atoms with E-state index in [-0.39, 0.29) is 12.5 Å². The largest absolute Gasteiger partial charge is 0.452 e. The molecule has 0 aliphatic carbocycles. The van der Waals surface area contributed by atoms with Crippen molar-refractivity contribution in [2.24, 2.45) is 4.99 Å². The summed E-state index contributed by atoms with van der Waals surface area (Å²) in [7, 11) is 0. The van der Waals surface area contributed by atoms with Gasteiger partial charge >= 0.3 is 5.97 Å². The number of para-hydroxylation sites is 1. The third-order valence-corrected chi connectivity index (χ3v) is 6.96. The van der Waals surface area contributed by atoms with E-state index < -0.39 is 5.97 Å². The van der Waals surface area contributed by atoms with Gasteiger partial charge in [-0.3, -0.25) is 9.79 Å². The predicted molar refractivity (Wildman–Crippen MR) is 115 cm³/mol. The smallest absolute Gasteiger partial charge is 0.338 e. The lowest BCUT2D eigenvalue weighted by molar-refractivity contribution is -0.121. The number of rotatable bonds is 5. The second kappa shape index (κ2) is 8.84. The summed E-state index contributed by atoms with van der Waals surface area (Å²) in [5.41, 5.74) is 3.47. The van der Waals surface area contributed by atoms with Gasteiger partial charge in [0.2, 0.25) is 0 Å². The van der Waals surface area contributed by atoms with Gasteiger partial charge in [-0.1, -0.05) is 59.9 Å². The number of amides is 1. The van der Waals surface area contributed by atoms with E-state index in [0.29, 0.717) is 17.9 Å². The topological polar surface area (TPSA) is 59.0 Å². The number of fused-ring (bicyclic) bond motifs is 1. The van der Waals surface area contributed by atoms with Gasteiger partial charge in [-0.15, -0.1) is 0 Å². The maximum atomic E-state index is 12.6. The number of carbonyl (C=O) groups is 2. The Morgan fingerprint density at radius 2 is 1.96 bits per heavy atom. The molecule has 0 N–H and O–H groups in total. The lowest BCUT2D eigenvalue weighted by Crippen LogP contribution is -2.33. The average molecular weight is 413 g/mol. The predicted octanol–water partition coefficient (Wildman–Crippen LogP) is 3.77. The highest BCUT2D eigenvalue weighted by molar-refractivity contribution is 8.38. The first-order chi connectivity index (χ1) is 13.7. The van der Waals surface area contributed by atoms with Crippen LogP contribution in [0.2, 0.25) is 0 Å². The Labute approximate surface area is 172 Å². The van der Waals surface area contributed by atoms with Gasteiger partial charge in [0.05, 0.1) is 12.1 Å². The van der Waals surface area contributed by atoms with Crippen molar-refractivity contribution in [2.75, 3.05) is 30.3 Å². The van der Waals surface area contributed by atoms with Crippen LogP contribution in [0.5, 0.6) is 0 Å². The maximum absolute atomic E-state index is 12.6. The Balaban J connectivity index is 1.37. The van der Waals surface area contributed by atoms with Crippen LogP contribution in [0.15, 0.2) is 53.5 Å². The molecule has 0 fully saturated rings. The minimum absolute atomic E-state index is 0.193. The van der Waals surface area contributed by atoms with Crippen LogP contribution in [0, 0.1) is 0 Å². The summed E-state index contributed by atoms with van der Waals surface area (Å²) >= 11 is 3.38. The summed E-state index contributed by atoms with van der Waals surface area (Å²) in [6.07, 6.45) is 0.831. The molecule has 28 heavy (non-hydrogen) atoms. The number of hydrogen-bond acceptors (Lipinski definition) is 6. The van der Waals surface area contributed by atoms with Gasteiger partial charge in [0.1, 0.15) is 4.38 Å². The third kappa shape index (κ3) is 4.25. The van der Waals surface area contributed by atoms with E-state index in [1.165, 1.54) is 0 Å². The van der Waals surface area contributed by atoms with Crippen LogP contribution in [0.1, 0.15) is 21.5 Å². The number of thioether (sulfide) groups is 2. The third-order valence-electron chi connectivity index (χ3n) is 4.66. The van der Waals surface area contributed by atoms with Gasteiger partial charge in [-0.25, -0.2) is 4.79 Å². The zero-order valence-corrected chi connectivity index (χ0v) is 16.9. The van der Waals surface area contributed by atoms with Gasteiger partial charge in [-0.05, 0) is 29.7 Å². The molecule has 2 aromatic carbocycles. The number of ether oxygens (including phenoxy) is 1. The average Bonchev–Trinajstić information content (AvgIpc) is 3.40. The molecule has 0 bridgehead atoms. The highest BCUT2D eigenvalue weighted by Crippen LogP contribution is 2.28. The summed E-state index contributed by atoms with van der Waals surface area (Å²) in [5.74, 6) is 1.03. The molecule has 2 aliphatic heterocycles. The van der Waals surface area contributed by atoms with Gasteiger partial charge in [0.25, 0.3) is 5.91 Å². The lowest BCUT2D eigenvalue weighted by Gasteiger charge is -2.17. The summed E-state index contributed by atoms with van der Waals surface area (Å²) in [6.45, 7) is 1.23. The second-order valence-electron chi connectivity index (χ2n) is 6.44. The zero-order chi connectivity index (χ0) is 19.3. The standard InChI is InChI=1S/C21H20N2O3S2/c24-19(23-11-9-15-5-2-4-8-18(15)23)13-26-20(25)17-7-3-1-6-16(17)14-28-21-22-10-12-27-21/h1-8H,9-14H2. The van der Waals surface area contributed by atoms with Crippen molar-refractivity contribution in [3.63, 3.8) is 0 Å².